The molecule has 1 aromatic carbocycles. The fraction of sp³-hybridized carbons (Fsp3) is 0.312. The van der Waals surface area contributed by atoms with E-state index in [0.717, 1.165) is 4.47 Å². The molecule has 2 aromatic rings. The van der Waals surface area contributed by atoms with Crippen molar-refractivity contribution in [1.82, 2.24) is 9.88 Å². The second kappa shape index (κ2) is 8.14. The van der Waals surface area contributed by atoms with Crippen LogP contribution in [0.3, 0.4) is 0 Å². The highest BCUT2D eigenvalue weighted by Gasteiger charge is 2.14. The van der Waals surface area contributed by atoms with Gasteiger partial charge in [-0.25, -0.2) is 0 Å². The predicted octanol–water partition coefficient (Wildman–Crippen LogP) is 3.81. The Morgan fingerprint density at radius 3 is 2.71 bits per heavy atom. The molecular weight excluding hydrogens is 386 g/mol. The number of ether oxygens (including phenoxy) is 2. The molecule has 130 valence electrons. The number of methoxy groups -OCH3 is 1. The Bertz CT molecular complexity index is 719. The maximum absolute atomic E-state index is 12.3. The van der Waals surface area contributed by atoms with Crippen LogP contribution in [0, 0.1) is 0 Å². The SMILES string of the molecule is CCn1cc(Br)cc1C(=O)NCc1ccc(OC(F)F)c(OC)c1. The number of amides is 1. The summed E-state index contributed by atoms with van der Waals surface area (Å²) >= 11 is 3.34. The standard InChI is InChI=1S/C16H17BrF2N2O3/c1-3-21-9-11(17)7-12(21)15(22)20-8-10-4-5-13(24-16(18)19)14(6-10)23-2/h4-7,9,16H,3,8H2,1-2H3,(H,20,22). The van der Waals surface area contributed by atoms with E-state index in [4.69, 9.17) is 4.74 Å². The third kappa shape index (κ3) is 4.47. The fourth-order valence-electron chi connectivity index (χ4n) is 2.22. The van der Waals surface area contributed by atoms with Gasteiger partial charge in [0, 0.05) is 23.8 Å². The lowest BCUT2D eigenvalue weighted by Crippen LogP contribution is -2.25. The van der Waals surface area contributed by atoms with Crippen molar-refractivity contribution in [1.29, 1.82) is 0 Å². The highest BCUT2D eigenvalue weighted by Crippen LogP contribution is 2.29. The fourth-order valence-corrected chi connectivity index (χ4v) is 2.68. The molecule has 1 heterocycles. The summed E-state index contributed by atoms with van der Waals surface area (Å²) in [4.78, 5) is 12.3. The first-order chi connectivity index (χ1) is 11.4. The lowest BCUT2D eigenvalue weighted by atomic mass is 10.2. The van der Waals surface area contributed by atoms with Gasteiger partial charge in [-0.05, 0) is 46.6 Å². The Kier molecular flexibility index (Phi) is 6.19. The summed E-state index contributed by atoms with van der Waals surface area (Å²) in [5.41, 5.74) is 1.24. The number of aromatic nitrogens is 1. The largest absolute Gasteiger partial charge is 0.493 e. The van der Waals surface area contributed by atoms with Gasteiger partial charge in [0.1, 0.15) is 5.69 Å². The van der Waals surface area contributed by atoms with Crippen molar-refractivity contribution < 1.29 is 23.0 Å². The number of hydrogen-bond acceptors (Lipinski definition) is 3. The van der Waals surface area contributed by atoms with Crippen LogP contribution in [0.1, 0.15) is 23.0 Å². The van der Waals surface area contributed by atoms with Crippen molar-refractivity contribution in [2.75, 3.05) is 7.11 Å². The molecule has 0 saturated heterocycles. The number of rotatable bonds is 7. The van der Waals surface area contributed by atoms with E-state index in [1.807, 2.05) is 17.7 Å². The molecule has 2 rings (SSSR count). The topological polar surface area (TPSA) is 52.5 Å². The summed E-state index contributed by atoms with van der Waals surface area (Å²) in [7, 11) is 1.36. The number of aryl methyl sites for hydroxylation is 1. The number of carbonyl (C=O) groups is 1. The average molecular weight is 403 g/mol. The summed E-state index contributed by atoms with van der Waals surface area (Å²) in [6.07, 6.45) is 1.83. The van der Waals surface area contributed by atoms with Gasteiger partial charge in [-0.1, -0.05) is 6.07 Å². The number of hydrogen-bond donors (Lipinski definition) is 1. The first-order valence-electron chi connectivity index (χ1n) is 7.20. The van der Waals surface area contributed by atoms with Crippen LogP contribution in [0.2, 0.25) is 0 Å². The molecule has 0 spiro atoms. The second-order valence-corrected chi connectivity index (χ2v) is 5.79. The molecule has 0 unspecified atom stereocenters. The zero-order chi connectivity index (χ0) is 17.7. The Labute approximate surface area is 146 Å². The Morgan fingerprint density at radius 1 is 1.33 bits per heavy atom. The van der Waals surface area contributed by atoms with Crippen molar-refractivity contribution in [3.63, 3.8) is 0 Å². The third-order valence-electron chi connectivity index (χ3n) is 3.33. The van der Waals surface area contributed by atoms with Crippen LogP contribution in [0.4, 0.5) is 8.78 Å². The van der Waals surface area contributed by atoms with Crippen LogP contribution < -0.4 is 14.8 Å². The van der Waals surface area contributed by atoms with Crippen LogP contribution in [-0.4, -0.2) is 24.2 Å². The zero-order valence-corrected chi connectivity index (χ0v) is 14.8. The third-order valence-corrected chi connectivity index (χ3v) is 3.77. The van der Waals surface area contributed by atoms with Gasteiger partial charge in [0.2, 0.25) is 0 Å². The highest BCUT2D eigenvalue weighted by atomic mass is 79.9. The maximum Gasteiger partial charge on any atom is 0.387 e. The first-order valence-corrected chi connectivity index (χ1v) is 7.99. The van der Waals surface area contributed by atoms with Crippen LogP contribution in [0.5, 0.6) is 11.5 Å². The van der Waals surface area contributed by atoms with Gasteiger partial charge in [0.05, 0.1) is 7.11 Å². The van der Waals surface area contributed by atoms with E-state index in [-0.39, 0.29) is 24.0 Å². The van der Waals surface area contributed by atoms with Gasteiger partial charge in [0.15, 0.2) is 11.5 Å². The van der Waals surface area contributed by atoms with E-state index < -0.39 is 6.61 Å². The number of carbonyl (C=O) groups excluding carboxylic acids is 1. The van der Waals surface area contributed by atoms with Crippen LogP contribution in [0.25, 0.3) is 0 Å². The molecule has 5 nitrogen and oxygen atoms in total. The van der Waals surface area contributed by atoms with Crippen molar-refractivity contribution >= 4 is 21.8 Å². The van der Waals surface area contributed by atoms with E-state index in [0.29, 0.717) is 17.8 Å². The minimum absolute atomic E-state index is 0.0497. The molecular formula is C16H17BrF2N2O3. The summed E-state index contributed by atoms with van der Waals surface area (Å²) in [6.45, 7) is -0.0846. The molecule has 0 aliphatic rings. The predicted molar refractivity (Wildman–Crippen MR) is 88.6 cm³/mol. The Balaban J connectivity index is 2.07. The van der Waals surface area contributed by atoms with Gasteiger partial charge in [-0.15, -0.1) is 0 Å². The molecule has 8 heteroatoms. The smallest absolute Gasteiger partial charge is 0.387 e. The first kappa shape index (κ1) is 18.3. The summed E-state index contributed by atoms with van der Waals surface area (Å²) in [6, 6.07) is 6.26. The molecule has 0 saturated carbocycles. The van der Waals surface area contributed by atoms with E-state index in [9.17, 15) is 13.6 Å². The van der Waals surface area contributed by atoms with Crippen molar-refractivity contribution in [2.24, 2.45) is 0 Å². The lowest BCUT2D eigenvalue weighted by molar-refractivity contribution is -0.0512. The van der Waals surface area contributed by atoms with E-state index in [1.54, 1.807) is 18.2 Å². The number of benzene rings is 1. The van der Waals surface area contributed by atoms with Crippen molar-refractivity contribution in [3.8, 4) is 11.5 Å². The molecule has 0 fully saturated rings. The van der Waals surface area contributed by atoms with E-state index in [2.05, 4.69) is 26.0 Å². The summed E-state index contributed by atoms with van der Waals surface area (Å²) in [5.74, 6) is -0.0949. The number of nitrogens with zero attached hydrogens (tertiary/aromatic N) is 1. The van der Waals surface area contributed by atoms with Crippen molar-refractivity contribution in [2.45, 2.75) is 26.6 Å². The molecule has 0 bridgehead atoms. The molecule has 1 N–H and O–H groups in total. The molecule has 0 aliphatic carbocycles. The molecule has 1 aromatic heterocycles. The summed E-state index contributed by atoms with van der Waals surface area (Å²) in [5, 5.41) is 2.79. The molecule has 0 atom stereocenters. The normalized spacial score (nSPS) is 10.8. The minimum Gasteiger partial charge on any atom is -0.493 e. The minimum atomic E-state index is -2.93. The average Bonchev–Trinajstić information content (AvgIpc) is 2.94. The summed E-state index contributed by atoms with van der Waals surface area (Å²) < 4.78 is 36.7. The van der Waals surface area contributed by atoms with Gasteiger partial charge in [-0.3, -0.25) is 4.79 Å². The number of nitrogens with one attached hydrogen (secondary N) is 1. The molecule has 0 aliphatic heterocycles. The van der Waals surface area contributed by atoms with Crippen LogP contribution in [0.15, 0.2) is 34.9 Å². The maximum atomic E-state index is 12.3. The van der Waals surface area contributed by atoms with Crippen LogP contribution in [-0.2, 0) is 13.1 Å². The lowest BCUT2D eigenvalue weighted by Gasteiger charge is -2.12. The van der Waals surface area contributed by atoms with Gasteiger partial charge >= 0.3 is 6.61 Å². The number of halogens is 3. The van der Waals surface area contributed by atoms with E-state index in [1.165, 1.54) is 13.2 Å². The highest BCUT2D eigenvalue weighted by molar-refractivity contribution is 9.10. The molecule has 24 heavy (non-hydrogen) atoms. The van der Waals surface area contributed by atoms with Gasteiger partial charge in [0.25, 0.3) is 5.91 Å². The molecule has 1 amide bonds. The molecule has 0 radical (unpaired) electrons. The van der Waals surface area contributed by atoms with Gasteiger partial charge < -0.3 is 19.4 Å². The second-order valence-electron chi connectivity index (χ2n) is 4.88. The monoisotopic (exact) mass is 402 g/mol. The Hall–Kier alpha value is -2.09. The van der Waals surface area contributed by atoms with E-state index >= 15 is 0 Å². The van der Waals surface area contributed by atoms with Crippen LogP contribution >= 0.6 is 15.9 Å². The quantitative estimate of drug-likeness (QED) is 0.765. The zero-order valence-electron chi connectivity index (χ0n) is 13.2. The van der Waals surface area contributed by atoms with Gasteiger partial charge in [-0.2, -0.15) is 8.78 Å². The Morgan fingerprint density at radius 2 is 2.08 bits per heavy atom. The number of alkyl halides is 2. The van der Waals surface area contributed by atoms with Crippen molar-refractivity contribution in [3.05, 3.63) is 46.2 Å².